The molecule has 2 heteroatoms. The lowest BCUT2D eigenvalue weighted by Gasteiger charge is -2.00. The van der Waals surface area contributed by atoms with Crippen molar-refractivity contribution in [2.24, 2.45) is 0 Å². The van der Waals surface area contributed by atoms with Crippen molar-refractivity contribution in [1.29, 1.82) is 0 Å². The van der Waals surface area contributed by atoms with E-state index in [2.05, 4.69) is 0 Å². The largest absolute Gasteiger partial charge is 0.505 e. The molecule has 0 bridgehead atoms. The molecular weight excluding hydrogens is 107 g/mol. The third-order valence-corrected chi connectivity index (χ3v) is 0.956. The second kappa shape index (κ2) is 1.99. The fourth-order valence-electron chi connectivity index (χ4n) is 0.534. The zero-order chi connectivity index (χ0) is 5.98. The van der Waals surface area contributed by atoms with Crippen LogP contribution in [0.4, 0.5) is 4.39 Å². The van der Waals surface area contributed by atoms with Crippen LogP contribution in [-0.2, 0) is 0 Å². The number of hydrogen-bond acceptors (Lipinski definition) is 1. The molecule has 0 aromatic rings. The summed E-state index contributed by atoms with van der Waals surface area (Å²) < 4.78 is 12.1. The fraction of sp³-hybridized carbons (Fsp3) is 0.167. The maximum atomic E-state index is 12.1. The van der Waals surface area contributed by atoms with Crippen LogP contribution in [-0.4, -0.2) is 5.11 Å². The Balaban J connectivity index is 2.73. The first-order valence-electron chi connectivity index (χ1n) is 2.39. The summed E-state index contributed by atoms with van der Waals surface area (Å²) in [5.41, 5.74) is 0. The first kappa shape index (κ1) is 5.35. The van der Waals surface area contributed by atoms with E-state index >= 15 is 0 Å². The van der Waals surface area contributed by atoms with Crippen LogP contribution in [0.3, 0.4) is 0 Å². The average molecular weight is 113 g/mol. The van der Waals surface area contributed by atoms with Crippen LogP contribution >= 0.6 is 0 Å². The van der Waals surface area contributed by atoms with Crippen LogP contribution in [0.2, 0.25) is 0 Å². The maximum Gasteiger partial charge on any atom is 0.160 e. The third-order valence-electron chi connectivity index (χ3n) is 0.956. The van der Waals surface area contributed by atoms with Crippen molar-refractivity contribution in [3.05, 3.63) is 30.2 Å². The number of aliphatic hydroxyl groups excluding tert-OH is 1. The first-order chi connectivity index (χ1) is 3.80. The summed E-state index contributed by atoms with van der Waals surface area (Å²) >= 11 is 0. The highest BCUT2D eigenvalue weighted by Gasteiger charge is 2.03. The monoisotopic (exact) mass is 113 g/mol. The number of rotatable bonds is 0. The van der Waals surface area contributed by atoms with E-state index < -0.39 is 5.83 Å². The molecule has 0 aromatic heterocycles. The van der Waals surface area contributed by atoms with Crippen LogP contribution in [0, 0.1) is 6.42 Å². The summed E-state index contributed by atoms with van der Waals surface area (Å²) in [6.07, 6.45) is 4.96. The van der Waals surface area contributed by atoms with E-state index in [1.165, 1.54) is 12.2 Å². The van der Waals surface area contributed by atoms with Crippen molar-refractivity contribution in [2.75, 3.05) is 0 Å². The minimum Gasteiger partial charge on any atom is -0.505 e. The molecule has 1 N–H and O–H groups in total. The minimum absolute atomic E-state index is 0.243. The second-order valence-corrected chi connectivity index (χ2v) is 1.58. The van der Waals surface area contributed by atoms with Gasteiger partial charge in [0.2, 0.25) is 0 Å². The quantitative estimate of drug-likeness (QED) is 0.508. The van der Waals surface area contributed by atoms with Gasteiger partial charge in [0.25, 0.3) is 0 Å². The van der Waals surface area contributed by atoms with Gasteiger partial charge >= 0.3 is 0 Å². The molecule has 0 amide bonds. The lowest BCUT2D eigenvalue weighted by atomic mass is 10.2. The van der Waals surface area contributed by atoms with Crippen LogP contribution in [0.5, 0.6) is 0 Å². The molecule has 0 atom stereocenters. The summed E-state index contributed by atoms with van der Waals surface area (Å²) in [5.74, 6) is -0.788. The lowest BCUT2D eigenvalue weighted by molar-refractivity contribution is 0.384. The summed E-state index contributed by atoms with van der Waals surface area (Å²) in [7, 11) is 0. The highest BCUT2D eigenvalue weighted by atomic mass is 19.1. The van der Waals surface area contributed by atoms with Gasteiger partial charge in [0.1, 0.15) is 5.76 Å². The molecule has 0 aliphatic heterocycles. The zero-order valence-corrected chi connectivity index (χ0v) is 4.26. The number of hydrogen-bond donors (Lipinski definition) is 1. The molecule has 1 aliphatic carbocycles. The molecule has 0 aromatic carbocycles. The van der Waals surface area contributed by atoms with E-state index in [0.29, 0.717) is 6.42 Å². The van der Waals surface area contributed by atoms with Crippen LogP contribution < -0.4 is 0 Å². The highest BCUT2D eigenvalue weighted by Crippen LogP contribution is 2.15. The summed E-state index contributed by atoms with van der Waals surface area (Å²) in [5, 5.41) is 8.58. The average Bonchev–Trinajstić information content (AvgIpc) is 1.77. The van der Waals surface area contributed by atoms with E-state index in [1.807, 2.05) is 0 Å². The van der Waals surface area contributed by atoms with E-state index in [-0.39, 0.29) is 5.76 Å². The maximum absolute atomic E-state index is 12.1. The number of halogens is 1. The Morgan fingerprint density at radius 2 is 2.38 bits per heavy atom. The van der Waals surface area contributed by atoms with E-state index in [1.54, 1.807) is 6.42 Å². The van der Waals surface area contributed by atoms with Crippen molar-refractivity contribution in [1.82, 2.24) is 0 Å². The molecule has 43 valence electrons. The van der Waals surface area contributed by atoms with Crippen molar-refractivity contribution in [3.8, 4) is 0 Å². The predicted molar refractivity (Wildman–Crippen MR) is 28.8 cm³/mol. The predicted octanol–water partition coefficient (Wildman–Crippen LogP) is 1.89. The van der Waals surface area contributed by atoms with Gasteiger partial charge in [-0.15, -0.1) is 0 Å². The second-order valence-electron chi connectivity index (χ2n) is 1.58. The zero-order valence-electron chi connectivity index (χ0n) is 4.26. The van der Waals surface area contributed by atoms with Gasteiger partial charge in [0, 0.05) is 0 Å². The lowest BCUT2D eigenvalue weighted by Crippen LogP contribution is -1.87. The van der Waals surface area contributed by atoms with Crippen molar-refractivity contribution in [3.63, 3.8) is 0 Å². The van der Waals surface area contributed by atoms with Gasteiger partial charge in [-0.3, -0.25) is 0 Å². The van der Waals surface area contributed by atoms with Crippen LogP contribution in [0.15, 0.2) is 23.7 Å². The van der Waals surface area contributed by atoms with Crippen molar-refractivity contribution >= 4 is 0 Å². The SMILES string of the molecule is OC1=CC[CH]C=C1F. The molecule has 0 unspecified atom stereocenters. The molecule has 1 rings (SSSR count). The topological polar surface area (TPSA) is 20.2 Å². The Morgan fingerprint density at radius 3 is 2.75 bits per heavy atom. The van der Waals surface area contributed by atoms with Gasteiger partial charge in [0.15, 0.2) is 5.83 Å². The standard InChI is InChI=1S/C6H6FO/c7-5-3-1-2-4-6(5)8/h1,3-4,8H,2H2. The van der Waals surface area contributed by atoms with Crippen molar-refractivity contribution in [2.45, 2.75) is 6.42 Å². The Bertz CT molecular complexity index is 129. The number of aliphatic hydroxyl groups is 1. The first-order valence-corrected chi connectivity index (χ1v) is 2.39. The molecule has 0 fully saturated rings. The van der Waals surface area contributed by atoms with Gasteiger partial charge in [0.05, 0.1) is 0 Å². The molecule has 0 saturated carbocycles. The molecule has 1 radical (unpaired) electrons. The smallest absolute Gasteiger partial charge is 0.160 e. The molecule has 1 nitrogen and oxygen atoms in total. The van der Waals surface area contributed by atoms with E-state index in [4.69, 9.17) is 5.11 Å². The van der Waals surface area contributed by atoms with Crippen molar-refractivity contribution < 1.29 is 9.50 Å². The van der Waals surface area contributed by atoms with Crippen LogP contribution in [0.1, 0.15) is 6.42 Å². The molecular formula is C6H6FO. The third kappa shape index (κ3) is 0.886. The summed E-state index contributed by atoms with van der Waals surface area (Å²) in [6, 6.07) is 0. The Labute approximate surface area is 47.1 Å². The van der Waals surface area contributed by atoms with Gasteiger partial charge < -0.3 is 5.11 Å². The normalized spacial score (nSPS) is 19.6. The molecule has 0 spiro atoms. The Morgan fingerprint density at radius 1 is 1.62 bits per heavy atom. The van der Waals surface area contributed by atoms with Gasteiger partial charge in [-0.05, 0) is 25.0 Å². The van der Waals surface area contributed by atoms with Gasteiger partial charge in [-0.25, -0.2) is 4.39 Å². The van der Waals surface area contributed by atoms with E-state index in [0.717, 1.165) is 0 Å². The van der Waals surface area contributed by atoms with Gasteiger partial charge in [-0.1, -0.05) is 0 Å². The summed E-state index contributed by atoms with van der Waals surface area (Å²) in [6.45, 7) is 0. The summed E-state index contributed by atoms with van der Waals surface area (Å²) in [4.78, 5) is 0. The number of allylic oxidation sites excluding steroid dienone is 3. The van der Waals surface area contributed by atoms with Gasteiger partial charge in [-0.2, -0.15) is 0 Å². The fourth-order valence-corrected chi connectivity index (χ4v) is 0.534. The Hall–Kier alpha value is -0.790. The minimum atomic E-state index is -0.545. The molecule has 1 aliphatic rings. The van der Waals surface area contributed by atoms with Crippen LogP contribution in [0.25, 0.3) is 0 Å². The molecule has 8 heavy (non-hydrogen) atoms. The molecule has 0 heterocycles. The highest BCUT2D eigenvalue weighted by molar-refractivity contribution is 5.26. The van der Waals surface area contributed by atoms with E-state index in [9.17, 15) is 4.39 Å². The Kier molecular flexibility index (Phi) is 1.33. The molecule has 0 saturated heterocycles.